The van der Waals surface area contributed by atoms with Gasteiger partial charge in [0, 0.05) is 44.3 Å². The average Bonchev–Trinajstić information content (AvgIpc) is 2.51. The standard InChI is InChI=1S/C15H21Cl2N3O2.ClH/c1-11(22-14-3-2-12(16)10-13(14)17)15(21)19-6-9-20-7-4-18-5-8-20;/h2-3,10-11,18H,4-9H2,1H3,(H,19,21);1H. The van der Waals surface area contributed by atoms with Crippen molar-refractivity contribution >= 4 is 41.5 Å². The van der Waals surface area contributed by atoms with Crippen LogP contribution >= 0.6 is 35.6 Å². The lowest BCUT2D eigenvalue weighted by molar-refractivity contribution is -0.127. The Labute approximate surface area is 153 Å². The van der Waals surface area contributed by atoms with E-state index in [0.717, 1.165) is 32.7 Å². The zero-order chi connectivity index (χ0) is 15.9. The predicted octanol–water partition coefficient (Wildman–Crippen LogP) is 2.20. The summed E-state index contributed by atoms with van der Waals surface area (Å²) in [6, 6.07) is 4.93. The van der Waals surface area contributed by atoms with E-state index in [9.17, 15) is 4.79 Å². The molecule has 1 unspecified atom stereocenters. The minimum Gasteiger partial charge on any atom is -0.479 e. The van der Waals surface area contributed by atoms with Crippen LogP contribution in [0.4, 0.5) is 0 Å². The number of nitrogens with zero attached hydrogens (tertiary/aromatic N) is 1. The Bertz CT molecular complexity index is 511. The van der Waals surface area contributed by atoms with Crippen molar-refractivity contribution in [1.82, 2.24) is 15.5 Å². The summed E-state index contributed by atoms with van der Waals surface area (Å²) >= 11 is 11.9. The van der Waals surface area contributed by atoms with Gasteiger partial charge in [0.15, 0.2) is 6.10 Å². The second-order valence-electron chi connectivity index (χ2n) is 5.22. The maximum Gasteiger partial charge on any atom is 0.260 e. The molecule has 130 valence electrons. The Kier molecular flexibility index (Phi) is 9.02. The Balaban J connectivity index is 0.00000264. The third-order valence-corrected chi connectivity index (χ3v) is 4.03. The number of hydrogen-bond donors (Lipinski definition) is 2. The van der Waals surface area contributed by atoms with Crippen molar-refractivity contribution < 1.29 is 9.53 Å². The maximum absolute atomic E-state index is 12.0. The van der Waals surface area contributed by atoms with Crippen LogP contribution in [0.5, 0.6) is 5.75 Å². The molecule has 0 saturated carbocycles. The van der Waals surface area contributed by atoms with Crippen LogP contribution in [0.1, 0.15) is 6.92 Å². The molecular weight excluding hydrogens is 361 g/mol. The second kappa shape index (κ2) is 10.2. The minimum absolute atomic E-state index is 0. The van der Waals surface area contributed by atoms with E-state index in [2.05, 4.69) is 15.5 Å². The van der Waals surface area contributed by atoms with E-state index in [4.69, 9.17) is 27.9 Å². The Morgan fingerprint density at radius 1 is 1.39 bits per heavy atom. The molecule has 1 aliphatic heterocycles. The molecule has 0 bridgehead atoms. The number of halogens is 3. The SMILES string of the molecule is CC(Oc1ccc(Cl)cc1Cl)C(=O)NCCN1CCNCC1.Cl. The number of carbonyl (C=O) groups is 1. The summed E-state index contributed by atoms with van der Waals surface area (Å²) in [6.45, 7) is 7.20. The van der Waals surface area contributed by atoms with Crippen molar-refractivity contribution in [3.8, 4) is 5.75 Å². The van der Waals surface area contributed by atoms with E-state index in [-0.39, 0.29) is 18.3 Å². The lowest BCUT2D eigenvalue weighted by Crippen LogP contribution is -2.47. The van der Waals surface area contributed by atoms with Crippen molar-refractivity contribution in [3.63, 3.8) is 0 Å². The van der Waals surface area contributed by atoms with Gasteiger partial charge in [-0.25, -0.2) is 0 Å². The van der Waals surface area contributed by atoms with Gasteiger partial charge in [0.05, 0.1) is 5.02 Å². The van der Waals surface area contributed by atoms with E-state index in [0.29, 0.717) is 22.3 Å². The molecule has 8 heteroatoms. The van der Waals surface area contributed by atoms with Crippen molar-refractivity contribution in [2.75, 3.05) is 39.3 Å². The van der Waals surface area contributed by atoms with E-state index in [1.165, 1.54) is 0 Å². The van der Waals surface area contributed by atoms with Crippen LogP contribution in [0.3, 0.4) is 0 Å². The third-order valence-electron chi connectivity index (χ3n) is 3.50. The Morgan fingerprint density at radius 2 is 2.09 bits per heavy atom. The van der Waals surface area contributed by atoms with Gasteiger partial charge in [0.2, 0.25) is 0 Å². The summed E-state index contributed by atoms with van der Waals surface area (Å²) in [5.41, 5.74) is 0. The molecule has 0 spiro atoms. The van der Waals surface area contributed by atoms with Gasteiger partial charge in [-0.15, -0.1) is 12.4 Å². The Hall–Kier alpha value is -0.720. The number of carbonyl (C=O) groups excluding carboxylic acids is 1. The highest BCUT2D eigenvalue weighted by Crippen LogP contribution is 2.28. The molecule has 1 amide bonds. The van der Waals surface area contributed by atoms with Crippen molar-refractivity contribution in [2.45, 2.75) is 13.0 Å². The van der Waals surface area contributed by atoms with Gasteiger partial charge in [0.25, 0.3) is 5.91 Å². The first kappa shape index (κ1) is 20.3. The first-order valence-corrected chi connectivity index (χ1v) is 8.14. The molecule has 5 nitrogen and oxygen atoms in total. The summed E-state index contributed by atoms with van der Waals surface area (Å²) in [5, 5.41) is 7.11. The number of ether oxygens (including phenoxy) is 1. The van der Waals surface area contributed by atoms with Crippen molar-refractivity contribution in [3.05, 3.63) is 28.2 Å². The van der Waals surface area contributed by atoms with Crippen LogP contribution in [-0.4, -0.2) is 56.2 Å². The fourth-order valence-electron chi connectivity index (χ4n) is 2.23. The Morgan fingerprint density at radius 3 is 2.74 bits per heavy atom. The number of benzene rings is 1. The molecule has 1 atom stereocenters. The average molecular weight is 383 g/mol. The second-order valence-corrected chi connectivity index (χ2v) is 6.06. The lowest BCUT2D eigenvalue weighted by Gasteiger charge is -2.27. The molecule has 1 fully saturated rings. The molecule has 0 aromatic heterocycles. The van der Waals surface area contributed by atoms with Gasteiger partial charge in [-0.2, -0.15) is 0 Å². The van der Waals surface area contributed by atoms with Crippen LogP contribution in [0.25, 0.3) is 0 Å². The quantitative estimate of drug-likeness (QED) is 0.792. The van der Waals surface area contributed by atoms with Gasteiger partial charge in [-0.05, 0) is 25.1 Å². The monoisotopic (exact) mass is 381 g/mol. The topological polar surface area (TPSA) is 53.6 Å². The van der Waals surface area contributed by atoms with Crippen molar-refractivity contribution in [1.29, 1.82) is 0 Å². The molecular formula is C15H22Cl3N3O2. The number of rotatable bonds is 6. The fraction of sp³-hybridized carbons (Fsp3) is 0.533. The fourth-order valence-corrected chi connectivity index (χ4v) is 2.68. The molecule has 0 aliphatic carbocycles. The number of nitrogens with one attached hydrogen (secondary N) is 2. The normalized spacial score (nSPS) is 16.3. The molecule has 1 saturated heterocycles. The summed E-state index contributed by atoms with van der Waals surface area (Å²) in [4.78, 5) is 14.3. The predicted molar refractivity (Wildman–Crippen MR) is 96.1 cm³/mol. The zero-order valence-electron chi connectivity index (χ0n) is 13.0. The highest BCUT2D eigenvalue weighted by Gasteiger charge is 2.16. The lowest BCUT2D eigenvalue weighted by atomic mass is 10.3. The van der Waals surface area contributed by atoms with Gasteiger partial charge in [-0.1, -0.05) is 23.2 Å². The van der Waals surface area contributed by atoms with Crippen LogP contribution in [0.2, 0.25) is 10.0 Å². The first-order valence-electron chi connectivity index (χ1n) is 7.39. The number of amides is 1. The highest BCUT2D eigenvalue weighted by atomic mass is 35.5. The van der Waals surface area contributed by atoms with Crippen LogP contribution in [0.15, 0.2) is 18.2 Å². The van der Waals surface area contributed by atoms with Crippen molar-refractivity contribution in [2.24, 2.45) is 0 Å². The summed E-state index contributed by atoms with van der Waals surface area (Å²) < 4.78 is 5.58. The maximum atomic E-state index is 12.0. The molecule has 1 aromatic rings. The van der Waals surface area contributed by atoms with E-state index in [1.54, 1.807) is 25.1 Å². The van der Waals surface area contributed by atoms with Gasteiger partial charge in [0.1, 0.15) is 5.75 Å². The summed E-state index contributed by atoms with van der Waals surface area (Å²) in [6.07, 6.45) is -0.610. The highest BCUT2D eigenvalue weighted by molar-refractivity contribution is 6.35. The minimum atomic E-state index is -0.610. The van der Waals surface area contributed by atoms with Gasteiger partial charge < -0.3 is 15.4 Å². The first-order chi connectivity index (χ1) is 10.6. The largest absolute Gasteiger partial charge is 0.479 e. The van der Waals surface area contributed by atoms with E-state index in [1.807, 2.05) is 0 Å². The smallest absolute Gasteiger partial charge is 0.260 e. The summed E-state index contributed by atoms with van der Waals surface area (Å²) in [7, 11) is 0. The molecule has 23 heavy (non-hydrogen) atoms. The van der Waals surface area contributed by atoms with E-state index < -0.39 is 6.10 Å². The number of piperazine rings is 1. The number of hydrogen-bond acceptors (Lipinski definition) is 4. The molecule has 2 rings (SSSR count). The zero-order valence-corrected chi connectivity index (χ0v) is 15.3. The van der Waals surface area contributed by atoms with Crippen LogP contribution in [-0.2, 0) is 4.79 Å². The molecule has 0 radical (unpaired) electrons. The van der Waals surface area contributed by atoms with Crippen LogP contribution in [0, 0.1) is 0 Å². The molecule has 1 aliphatic rings. The third kappa shape index (κ3) is 6.73. The van der Waals surface area contributed by atoms with Gasteiger partial charge >= 0.3 is 0 Å². The molecule has 1 heterocycles. The van der Waals surface area contributed by atoms with Gasteiger partial charge in [-0.3, -0.25) is 9.69 Å². The van der Waals surface area contributed by atoms with Crippen LogP contribution < -0.4 is 15.4 Å². The van der Waals surface area contributed by atoms with E-state index >= 15 is 0 Å². The molecule has 1 aromatic carbocycles. The molecule has 2 N–H and O–H groups in total. The summed E-state index contributed by atoms with van der Waals surface area (Å²) in [5.74, 6) is 0.303.